The summed E-state index contributed by atoms with van der Waals surface area (Å²) in [5.41, 5.74) is 11.7. The molecule has 0 spiro atoms. The Labute approximate surface area is 314 Å². The lowest BCUT2D eigenvalue weighted by molar-refractivity contribution is 0.591. The molecule has 0 bridgehead atoms. The van der Waals surface area contributed by atoms with Crippen LogP contribution >= 0.6 is 0 Å². The van der Waals surface area contributed by atoms with Crippen molar-refractivity contribution in [2.45, 2.75) is 6.04 Å². The molecule has 9 aromatic rings. The third-order valence-corrected chi connectivity index (χ3v) is 11.4. The third kappa shape index (κ3) is 5.03. The number of benzene rings is 8. The number of pyridine rings is 1. The highest BCUT2D eigenvalue weighted by Crippen LogP contribution is 2.46. The monoisotopic (exact) mass is 686 g/mol. The summed E-state index contributed by atoms with van der Waals surface area (Å²) in [6.45, 7) is 0. The maximum absolute atomic E-state index is 5.23. The number of hydrogen-bond donors (Lipinski definition) is 0. The fourth-order valence-corrected chi connectivity index (χ4v) is 8.71. The molecule has 0 saturated heterocycles. The number of allylic oxidation sites excluding steroid dienone is 1. The lowest BCUT2D eigenvalue weighted by Crippen LogP contribution is -2.19. The highest BCUT2D eigenvalue weighted by atomic mass is 14.9. The maximum Gasteiger partial charge on any atom is 0.103 e. The normalized spacial score (nSPS) is 16.1. The molecule has 2 heteroatoms. The number of nitrogens with zero attached hydrogens (tertiary/aromatic N) is 2. The van der Waals surface area contributed by atoms with Crippen molar-refractivity contribution in [3.05, 3.63) is 205 Å². The van der Waals surface area contributed by atoms with Crippen LogP contribution in [0.2, 0.25) is 0 Å². The second-order valence-electron chi connectivity index (χ2n) is 14.5. The van der Waals surface area contributed by atoms with Gasteiger partial charge in [0.25, 0.3) is 0 Å². The largest absolute Gasteiger partial charge is 0.274 e. The number of rotatable bonds is 4. The Morgan fingerprint density at radius 1 is 0.389 bits per heavy atom. The first-order chi connectivity index (χ1) is 26.7. The minimum Gasteiger partial charge on any atom is -0.274 e. The molecule has 2 heterocycles. The zero-order chi connectivity index (χ0) is 35.6. The van der Waals surface area contributed by atoms with Crippen molar-refractivity contribution in [3.63, 3.8) is 0 Å². The first kappa shape index (κ1) is 30.7. The van der Waals surface area contributed by atoms with Gasteiger partial charge in [0.1, 0.15) is 6.04 Å². The Bertz CT molecular complexity index is 3050. The Morgan fingerprint density at radius 2 is 0.944 bits per heavy atom. The van der Waals surface area contributed by atoms with Crippen LogP contribution in [0.15, 0.2) is 193 Å². The van der Waals surface area contributed by atoms with E-state index in [1.165, 1.54) is 76.5 Å². The van der Waals surface area contributed by atoms with Crippen LogP contribution in [-0.4, -0.2) is 10.7 Å². The second-order valence-corrected chi connectivity index (χ2v) is 14.5. The average molecular weight is 687 g/mol. The molecule has 0 N–H and O–H groups in total. The highest BCUT2D eigenvalue weighted by Gasteiger charge is 2.28. The molecule has 2 nitrogen and oxygen atoms in total. The molecule has 0 saturated carbocycles. The summed E-state index contributed by atoms with van der Waals surface area (Å²) in [6.07, 6.45) is 10.7. The van der Waals surface area contributed by atoms with Gasteiger partial charge in [-0.05, 0) is 118 Å². The lowest BCUT2D eigenvalue weighted by Gasteiger charge is -2.27. The summed E-state index contributed by atoms with van der Waals surface area (Å²) in [6, 6.07) is 60.1. The van der Waals surface area contributed by atoms with Gasteiger partial charge in [-0.15, -0.1) is 0 Å². The van der Waals surface area contributed by atoms with Crippen LogP contribution in [0.3, 0.4) is 0 Å². The Kier molecular flexibility index (Phi) is 7.03. The number of hydrogen-bond acceptors (Lipinski definition) is 2. The van der Waals surface area contributed by atoms with Crippen molar-refractivity contribution in [1.29, 1.82) is 0 Å². The summed E-state index contributed by atoms with van der Waals surface area (Å²) in [5, 5.41) is 10.00. The smallest absolute Gasteiger partial charge is 0.103 e. The van der Waals surface area contributed by atoms with E-state index >= 15 is 0 Å². The summed E-state index contributed by atoms with van der Waals surface area (Å²) in [5.74, 6) is 0.236. The highest BCUT2D eigenvalue weighted by molar-refractivity contribution is 6.22. The van der Waals surface area contributed by atoms with Gasteiger partial charge < -0.3 is 0 Å². The van der Waals surface area contributed by atoms with Crippen LogP contribution in [0.1, 0.15) is 22.9 Å². The van der Waals surface area contributed by atoms with E-state index in [-0.39, 0.29) is 12.0 Å². The van der Waals surface area contributed by atoms with Crippen molar-refractivity contribution in [2.75, 3.05) is 0 Å². The fraction of sp³-hybridized carbons (Fsp3) is 0.0385. The van der Waals surface area contributed by atoms with E-state index in [4.69, 9.17) is 9.98 Å². The van der Waals surface area contributed by atoms with E-state index in [1.54, 1.807) is 0 Å². The van der Waals surface area contributed by atoms with E-state index < -0.39 is 0 Å². The topological polar surface area (TPSA) is 25.2 Å². The van der Waals surface area contributed by atoms with E-state index in [0.29, 0.717) is 0 Å². The zero-order valence-corrected chi connectivity index (χ0v) is 29.5. The van der Waals surface area contributed by atoms with Crippen molar-refractivity contribution in [3.8, 4) is 33.4 Å². The second kappa shape index (κ2) is 12.4. The predicted octanol–water partition coefficient (Wildman–Crippen LogP) is 13.4. The van der Waals surface area contributed by atoms with E-state index in [1.807, 2.05) is 12.3 Å². The first-order valence-corrected chi connectivity index (χ1v) is 18.7. The van der Waals surface area contributed by atoms with E-state index in [0.717, 1.165) is 22.5 Å². The van der Waals surface area contributed by atoms with Crippen LogP contribution in [-0.2, 0) is 0 Å². The van der Waals surface area contributed by atoms with Crippen molar-refractivity contribution < 1.29 is 0 Å². The maximum atomic E-state index is 5.23. The number of aliphatic imine (C=N–C) groups is 1. The molecule has 1 aliphatic heterocycles. The van der Waals surface area contributed by atoms with Gasteiger partial charge in [-0.2, -0.15) is 0 Å². The molecule has 0 radical (unpaired) electrons. The van der Waals surface area contributed by atoms with Crippen LogP contribution in [0, 0.1) is 5.92 Å². The van der Waals surface area contributed by atoms with Gasteiger partial charge in [0, 0.05) is 12.1 Å². The Hall–Kier alpha value is -6.90. The summed E-state index contributed by atoms with van der Waals surface area (Å²) in [4.78, 5) is 9.95. The molecule has 54 heavy (non-hydrogen) atoms. The standard InChI is InChI=1S/C52H34N2/c1-3-10-39-30-42(23-17-33(39)8-1)49-44-13-5-6-14-45(44)50(43-24-18-34-9-2-4-11-40(34)31-43)47-32-41(25-27-46(47)49)35-15-19-36(20-16-35)48-28-26-38-22-21-37-12-7-29-53-51(37)52(38)54-48/h1-32,38,52H. The minimum absolute atomic E-state index is 0.00603. The fourth-order valence-electron chi connectivity index (χ4n) is 8.71. The molecule has 2 atom stereocenters. The van der Waals surface area contributed by atoms with Gasteiger partial charge in [-0.1, -0.05) is 158 Å². The van der Waals surface area contributed by atoms with E-state index in [9.17, 15) is 0 Å². The summed E-state index contributed by atoms with van der Waals surface area (Å²) < 4.78 is 0. The molecule has 252 valence electrons. The molecular formula is C52H34N2. The van der Waals surface area contributed by atoms with Gasteiger partial charge in [0.2, 0.25) is 0 Å². The van der Waals surface area contributed by atoms with Crippen molar-refractivity contribution in [1.82, 2.24) is 4.98 Å². The van der Waals surface area contributed by atoms with E-state index in [2.05, 4.69) is 182 Å². The quantitative estimate of drug-likeness (QED) is 0.169. The molecule has 8 aromatic carbocycles. The molecule has 0 amide bonds. The van der Waals surface area contributed by atoms with Gasteiger partial charge >= 0.3 is 0 Å². The molecule has 2 aliphatic rings. The predicted molar refractivity (Wildman–Crippen MR) is 228 cm³/mol. The molecular weight excluding hydrogens is 653 g/mol. The number of aromatic nitrogens is 1. The zero-order valence-electron chi connectivity index (χ0n) is 29.5. The molecule has 1 aromatic heterocycles. The van der Waals surface area contributed by atoms with Crippen molar-refractivity contribution >= 4 is 54.9 Å². The van der Waals surface area contributed by atoms with Crippen LogP contribution in [0.5, 0.6) is 0 Å². The van der Waals surface area contributed by atoms with Gasteiger partial charge in [-0.25, -0.2) is 0 Å². The molecule has 11 rings (SSSR count). The SMILES string of the molecule is C1=CC2C=Cc3cccnc3C2N=C1c1ccc(-c2ccc3c(-c4ccc5ccccc5c4)c4ccccc4c(-c4ccc5ccccc5c4)c3c2)cc1. The van der Waals surface area contributed by atoms with Crippen molar-refractivity contribution in [2.24, 2.45) is 10.9 Å². The molecule has 0 fully saturated rings. The summed E-state index contributed by atoms with van der Waals surface area (Å²) in [7, 11) is 0. The van der Waals surface area contributed by atoms with Gasteiger partial charge in [-0.3, -0.25) is 9.98 Å². The number of fused-ring (bicyclic) bond motifs is 7. The van der Waals surface area contributed by atoms with Gasteiger partial charge in [0.15, 0.2) is 0 Å². The Morgan fingerprint density at radius 3 is 1.65 bits per heavy atom. The third-order valence-electron chi connectivity index (χ3n) is 11.4. The minimum atomic E-state index is 0.00603. The van der Waals surface area contributed by atoms with Crippen LogP contribution < -0.4 is 0 Å². The van der Waals surface area contributed by atoms with Crippen LogP contribution in [0.25, 0.3) is 82.5 Å². The molecule has 1 aliphatic carbocycles. The number of dihydropyridines is 1. The molecule has 2 unspecified atom stereocenters. The lowest BCUT2D eigenvalue weighted by atomic mass is 9.84. The van der Waals surface area contributed by atoms with Crippen LogP contribution in [0.4, 0.5) is 0 Å². The Balaban J connectivity index is 1.08. The average Bonchev–Trinajstić information content (AvgIpc) is 3.25. The summed E-state index contributed by atoms with van der Waals surface area (Å²) >= 11 is 0. The first-order valence-electron chi connectivity index (χ1n) is 18.7. The van der Waals surface area contributed by atoms with Gasteiger partial charge in [0.05, 0.1) is 11.4 Å².